The maximum absolute atomic E-state index is 12.5. The number of aromatic amines is 1. The first kappa shape index (κ1) is 15.0. The van der Waals surface area contributed by atoms with Crippen molar-refractivity contribution in [3.63, 3.8) is 0 Å². The van der Waals surface area contributed by atoms with Crippen LogP contribution in [0.5, 0.6) is 0 Å². The number of hydrogen-bond acceptors (Lipinski definition) is 2. The molecule has 2 aromatic carbocycles. The lowest BCUT2D eigenvalue weighted by Gasteiger charge is -2.16. The molecule has 4 rings (SSSR count). The topological polar surface area (TPSA) is 70.9 Å². The Kier molecular flexibility index (Phi) is 3.82. The molecule has 4 N–H and O–H groups in total. The van der Waals surface area contributed by atoms with Crippen molar-refractivity contribution in [1.82, 2.24) is 10.3 Å². The van der Waals surface area contributed by atoms with Crippen LogP contribution in [0.2, 0.25) is 0 Å². The highest BCUT2D eigenvalue weighted by Gasteiger charge is 2.25. The van der Waals surface area contributed by atoms with E-state index >= 15 is 0 Å². The number of nitrogens with one attached hydrogen (secondary N) is 2. The molecule has 4 nitrogen and oxygen atoms in total. The molecule has 4 heteroatoms. The average molecular weight is 319 g/mol. The molecule has 3 aromatic rings. The summed E-state index contributed by atoms with van der Waals surface area (Å²) in [6.07, 6.45) is 4.27. The summed E-state index contributed by atoms with van der Waals surface area (Å²) in [5, 5.41) is 4.25. The van der Waals surface area contributed by atoms with Gasteiger partial charge in [0.1, 0.15) is 0 Å². The molecule has 1 aliphatic rings. The van der Waals surface area contributed by atoms with Crippen LogP contribution in [-0.2, 0) is 24.1 Å². The fourth-order valence-corrected chi connectivity index (χ4v) is 3.60. The van der Waals surface area contributed by atoms with Gasteiger partial charge in [-0.2, -0.15) is 0 Å². The van der Waals surface area contributed by atoms with Crippen LogP contribution >= 0.6 is 0 Å². The summed E-state index contributed by atoms with van der Waals surface area (Å²) in [7, 11) is 0. The van der Waals surface area contributed by atoms with Crippen LogP contribution in [0.15, 0.2) is 54.7 Å². The number of rotatable bonds is 4. The largest absolute Gasteiger partial charge is 0.361 e. The Hall–Kier alpha value is -2.59. The quantitative estimate of drug-likeness (QED) is 0.690. The van der Waals surface area contributed by atoms with Crippen LogP contribution < -0.4 is 11.1 Å². The Balaban J connectivity index is 1.40. The summed E-state index contributed by atoms with van der Waals surface area (Å²) >= 11 is 0. The lowest BCUT2D eigenvalue weighted by atomic mass is 10.0. The Bertz CT molecular complexity index is 858. The van der Waals surface area contributed by atoms with Gasteiger partial charge >= 0.3 is 0 Å². The van der Waals surface area contributed by atoms with Crippen molar-refractivity contribution >= 4 is 16.8 Å². The number of fused-ring (bicyclic) bond motifs is 2. The predicted octanol–water partition coefficient (Wildman–Crippen LogP) is 2.32. The number of H-pyrrole nitrogens is 1. The molecule has 122 valence electrons. The molecule has 0 fully saturated rings. The van der Waals surface area contributed by atoms with Gasteiger partial charge < -0.3 is 16.0 Å². The molecule has 0 radical (unpaired) electrons. The van der Waals surface area contributed by atoms with E-state index in [0.29, 0.717) is 6.42 Å². The summed E-state index contributed by atoms with van der Waals surface area (Å²) in [4.78, 5) is 15.7. The third-order valence-corrected chi connectivity index (χ3v) is 4.85. The zero-order valence-corrected chi connectivity index (χ0v) is 13.5. The van der Waals surface area contributed by atoms with Crippen molar-refractivity contribution in [3.05, 3.63) is 71.4 Å². The lowest BCUT2D eigenvalue weighted by Crippen LogP contribution is -2.46. The number of nitrogens with two attached hydrogens (primary N) is 1. The first-order valence-electron chi connectivity index (χ1n) is 8.38. The lowest BCUT2D eigenvalue weighted by molar-refractivity contribution is -0.123. The molecule has 0 unspecified atom stereocenters. The minimum absolute atomic E-state index is 0.0712. The number of hydrogen-bond donors (Lipinski definition) is 3. The zero-order valence-electron chi connectivity index (χ0n) is 13.5. The molecule has 0 aliphatic heterocycles. The summed E-state index contributed by atoms with van der Waals surface area (Å²) < 4.78 is 0. The summed E-state index contributed by atoms with van der Waals surface area (Å²) in [5.74, 6) is -0.0712. The number of para-hydroxylation sites is 1. The Morgan fingerprint density at radius 2 is 1.79 bits per heavy atom. The minimum Gasteiger partial charge on any atom is -0.361 e. The number of carbonyl (C=O) groups excluding carboxylic acids is 1. The van der Waals surface area contributed by atoms with Gasteiger partial charge in [-0.25, -0.2) is 0 Å². The van der Waals surface area contributed by atoms with Crippen molar-refractivity contribution in [2.45, 2.75) is 31.3 Å². The van der Waals surface area contributed by atoms with Gasteiger partial charge in [-0.3, -0.25) is 4.79 Å². The van der Waals surface area contributed by atoms with E-state index in [4.69, 9.17) is 5.73 Å². The summed E-state index contributed by atoms with van der Waals surface area (Å²) in [6.45, 7) is 0. The third-order valence-electron chi connectivity index (χ3n) is 4.85. The summed E-state index contributed by atoms with van der Waals surface area (Å²) in [6, 6.07) is 16.1. The third kappa shape index (κ3) is 2.81. The van der Waals surface area contributed by atoms with Gasteiger partial charge in [0.15, 0.2) is 0 Å². The van der Waals surface area contributed by atoms with Crippen LogP contribution in [0.3, 0.4) is 0 Å². The molecule has 0 spiro atoms. The molecule has 1 heterocycles. The number of amides is 1. The average Bonchev–Trinajstić information content (AvgIpc) is 3.18. The normalized spacial score (nSPS) is 15.4. The van der Waals surface area contributed by atoms with E-state index < -0.39 is 6.04 Å². The van der Waals surface area contributed by atoms with Crippen molar-refractivity contribution < 1.29 is 4.79 Å². The minimum atomic E-state index is -0.534. The molecule has 1 atom stereocenters. The predicted molar refractivity (Wildman–Crippen MR) is 95.8 cm³/mol. The standard InChI is InChI=1S/C20H21N3O/c21-18(11-15-12-22-19-8-4-3-7-17(15)19)20(24)23-16-9-13-5-1-2-6-14(13)10-16/h1-8,12,16,18,22H,9-11,21H2,(H,23,24)/t18-/m0/s1. The fourth-order valence-electron chi connectivity index (χ4n) is 3.60. The Morgan fingerprint density at radius 1 is 1.12 bits per heavy atom. The van der Waals surface area contributed by atoms with E-state index in [1.807, 2.05) is 36.5 Å². The summed E-state index contributed by atoms with van der Waals surface area (Å²) in [5.41, 5.74) is 11.0. The van der Waals surface area contributed by atoms with Gasteiger partial charge in [-0.15, -0.1) is 0 Å². The SMILES string of the molecule is N[C@@H](Cc1c[nH]c2ccccc12)C(=O)NC1Cc2ccccc2C1. The molecule has 24 heavy (non-hydrogen) atoms. The number of aromatic nitrogens is 1. The highest BCUT2D eigenvalue weighted by Crippen LogP contribution is 2.22. The number of benzene rings is 2. The molecule has 1 aromatic heterocycles. The zero-order chi connectivity index (χ0) is 16.5. The van der Waals surface area contributed by atoms with Gasteiger partial charge in [-0.1, -0.05) is 42.5 Å². The van der Waals surface area contributed by atoms with Gasteiger partial charge in [-0.05, 0) is 42.0 Å². The van der Waals surface area contributed by atoms with E-state index in [1.165, 1.54) is 11.1 Å². The second-order valence-corrected chi connectivity index (χ2v) is 6.55. The van der Waals surface area contributed by atoms with E-state index in [9.17, 15) is 4.79 Å². The van der Waals surface area contributed by atoms with E-state index in [-0.39, 0.29) is 11.9 Å². The second-order valence-electron chi connectivity index (χ2n) is 6.55. The number of carbonyl (C=O) groups is 1. The monoisotopic (exact) mass is 319 g/mol. The first-order chi connectivity index (χ1) is 11.7. The Labute approximate surface area is 141 Å². The van der Waals surface area contributed by atoms with Gasteiger partial charge in [0.2, 0.25) is 5.91 Å². The van der Waals surface area contributed by atoms with Crippen LogP contribution in [-0.4, -0.2) is 23.0 Å². The second kappa shape index (κ2) is 6.13. The van der Waals surface area contributed by atoms with Crippen molar-refractivity contribution in [1.29, 1.82) is 0 Å². The molecule has 0 saturated carbocycles. The molecule has 0 saturated heterocycles. The first-order valence-corrected chi connectivity index (χ1v) is 8.38. The molecule has 1 aliphatic carbocycles. The highest BCUT2D eigenvalue weighted by atomic mass is 16.2. The van der Waals surface area contributed by atoms with Gasteiger partial charge in [0.05, 0.1) is 6.04 Å². The van der Waals surface area contributed by atoms with Gasteiger partial charge in [0, 0.05) is 23.1 Å². The van der Waals surface area contributed by atoms with Crippen LogP contribution in [0, 0.1) is 0 Å². The van der Waals surface area contributed by atoms with E-state index in [2.05, 4.69) is 28.5 Å². The van der Waals surface area contributed by atoms with Crippen molar-refractivity contribution in [3.8, 4) is 0 Å². The molecule has 0 bridgehead atoms. The van der Waals surface area contributed by atoms with Crippen molar-refractivity contribution in [2.24, 2.45) is 5.73 Å². The smallest absolute Gasteiger partial charge is 0.237 e. The molecule has 1 amide bonds. The van der Waals surface area contributed by atoms with E-state index in [1.54, 1.807) is 0 Å². The van der Waals surface area contributed by atoms with Crippen LogP contribution in [0.4, 0.5) is 0 Å². The fraction of sp³-hybridized carbons (Fsp3) is 0.250. The van der Waals surface area contributed by atoms with Gasteiger partial charge in [0.25, 0.3) is 0 Å². The highest BCUT2D eigenvalue weighted by molar-refractivity contribution is 5.86. The maximum atomic E-state index is 12.5. The van der Waals surface area contributed by atoms with Crippen LogP contribution in [0.25, 0.3) is 10.9 Å². The molecular formula is C20H21N3O. The maximum Gasteiger partial charge on any atom is 0.237 e. The van der Waals surface area contributed by atoms with Crippen LogP contribution in [0.1, 0.15) is 16.7 Å². The Morgan fingerprint density at radius 3 is 2.54 bits per heavy atom. The van der Waals surface area contributed by atoms with E-state index in [0.717, 1.165) is 29.3 Å². The van der Waals surface area contributed by atoms with Crippen molar-refractivity contribution in [2.75, 3.05) is 0 Å². The molecular weight excluding hydrogens is 298 g/mol.